The molecule has 2 nitrogen and oxygen atoms in total. The largest absolute Gasteiger partial charge is 0.354 e. The third kappa shape index (κ3) is 8.22. The van der Waals surface area contributed by atoms with E-state index in [-0.39, 0.29) is 32.5 Å². The van der Waals surface area contributed by atoms with Crippen LogP contribution in [0.4, 0.5) is 28.4 Å². The smallest absolute Gasteiger partial charge is 0.0881 e. The predicted molar refractivity (Wildman–Crippen MR) is 226 cm³/mol. The van der Waals surface area contributed by atoms with E-state index in [1.807, 2.05) is 0 Å². The molecule has 0 spiro atoms. The molecule has 0 aromatic heterocycles. The number of benzene rings is 4. The van der Waals surface area contributed by atoms with E-state index in [1.165, 1.54) is 46.2 Å². The first kappa shape index (κ1) is 39.0. The van der Waals surface area contributed by atoms with Crippen molar-refractivity contribution >= 4 is 40.0 Å². The van der Waals surface area contributed by atoms with Crippen molar-refractivity contribution in [2.24, 2.45) is 0 Å². The minimum atomic E-state index is -0.111. The van der Waals surface area contributed by atoms with Gasteiger partial charge >= 0.3 is 0 Å². The van der Waals surface area contributed by atoms with Crippen LogP contribution in [-0.4, -0.2) is 0 Å². The summed E-state index contributed by atoms with van der Waals surface area (Å²) in [5.41, 5.74) is 13.3. The van der Waals surface area contributed by atoms with Gasteiger partial charge in [0.25, 0.3) is 0 Å². The molecule has 0 heterocycles. The molecule has 4 aromatic rings. The Balaban J connectivity index is 1.80. The van der Waals surface area contributed by atoms with Crippen LogP contribution in [-0.2, 0) is 32.5 Å². The molecule has 0 bridgehead atoms. The average Bonchev–Trinajstić information content (AvgIpc) is 2.99. The summed E-state index contributed by atoms with van der Waals surface area (Å²) in [4.78, 5) is 2.40. The molecule has 1 aliphatic carbocycles. The van der Waals surface area contributed by atoms with E-state index in [0.29, 0.717) is 5.02 Å². The molecular weight excluding hydrogens is 640 g/mol. The van der Waals surface area contributed by atoms with Crippen LogP contribution in [0.5, 0.6) is 0 Å². The zero-order valence-corrected chi connectivity index (χ0v) is 35.4. The highest BCUT2D eigenvalue weighted by Gasteiger charge is 2.37. The maximum atomic E-state index is 7.70. The van der Waals surface area contributed by atoms with Gasteiger partial charge in [-0.3, -0.25) is 0 Å². The van der Waals surface area contributed by atoms with Crippen molar-refractivity contribution in [3.63, 3.8) is 0 Å². The number of halogens is 1. The van der Waals surface area contributed by atoms with E-state index in [1.54, 1.807) is 0 Å². The lowest BCUT2D eigenvalue weighted by Gasteiger charge is -2.42. The summed E-state index contributed by atoms with van der Waals surface area (Å²) in [5, 5.41) is 4.55. The molecule has 4 aromatic carbocycles. The molecular formula is C48H65ClN2. The first-order valence-electron chi connectivity index (χ1n) is 19.0. The Bertz CT molecular complexity index is 1880. The quantitative estimate of drug-likeness (QED) is 0.222. The summed E-state index contributed by atoms with van der Waals surface area (Å²) in [6.45, 7) is 37.1. The van der Waals surface area contributed by atoms with Crippen LogP contribution < -0.4 is 10.2 Å². The van der Waals surface area contributed by atoms with E-state index < -0.39 is 0 Å². The third-order valence-electron chi connectivity index (χ3n) is 11.2. The van der Waals surface area contributed by atoms with E-state index in [4.69, 9.17) is 11.6 Å². The summed E-state index contributed by atoms with van der Waals surface area (Å²) in [6.07, 6.45) is 2.37. The molecule has 1 N–H and O–H groups in total. The van der Waals surface area contributed by atoms with Gasteiger partial charge in [-0.25, -0.2) is 0 Å². The second-order valence-corrected chi connectivity index (χ2v) is 21.0. The van der Waals surface area contributed by atoms with Crippen LogP contribution in [0.15, 0.2) is 72.8 Å². The van der Waals surface area contributed by atoms with Gasteiger partial charge in [-0.2, -0.15) is 0 Å². The van der Waals surface area contributed by atoms with Crippen LogP contribution in [0.1, 0.15) is 157 Å². The minimum Gasteiger partial charge on any atom is -0.354 e. The average molecular weight is 706 g/mol. The van der Waals surface area contributed by atoms with E-state index in [0.717, 1.165) is 28.4 Å². The summed E-state index contributed by atoms with van der Waals surface area (Å²) >= 11 is 7.70. The highest BCUT2D eigenvalue weighted by atomic mass is 35.5. The van der Waals surface area contributed by atoms with Gasteiger partial charge in [0.15, 0.2) is 0 Å². The highest BCUT2D eigenvalue weighted by molar-refractivity contribution is 6.36. The van der Waals surface area contributed by atoms with E-state index in [9.17, 15) is 0 Å². The summed E-state index contributed by atoms with van der Waals surface area (Å²) in [5.74, 6) is 0. The Morgan fingerprint density at radius 1 is 0.529 bits per heavy atom. The minimum absolute atomic E-state index is 0.00985. The van der Waals surface area contributed by atoms with Gasteiger partial charge in [-0.1, -0.05) is 147 Å². The Hall–Kier alpha value is -3.23. The Labute approximate surface area is 316 Å². The normalized spacial score (nSPS) is 16.1. The Morgan fingerprint density at radius 2 is 1.02 bits per heavy atom. The molecule has 0 saturated carbocycles. The maximum Gasteiger partial charge on any atom is 0.0881 e. The number of fused-ring (bicyclic) bond motifs is 1. The Morgan fingerprint density at radius 3 is 1.55 bits per heavy atom. The summed E-state index contributed by atoms with van der Waals surface area (Å²) < 4.78 is 0. The fourth-order valence-corrected chi connectivity index (χ4v) is 7.50. The molecule has 0 saturated heterocycles. The molecule has 0 atom stereocenters. The number of hydrogen-bond donors (Lipinski definition) is 1. The fraction of sp³-hybridized carbons (Fsp3) is 0.500. The van der Waals surface area contributed by atoms with Gasteiger partial charge in [0.1, 0.15) is 0 Å². The molecule has 274 valence electrons. The standard InChI is InChI=1S/C48H65ClN2/c1-43(2,3)31-18-17-19-36(25-31)51(37-26-32(44(4,5)6)24-33(27-37)45(7,8)9)41-29-34(46(10,11)12)28-40(42(41)49)50-35-20-21-38-39(30-35)48(15,16)23-22-47(38,13)14/h17-21,24-30,50H,22-23H2,1-16H3. The molecule has 1 aliphatic rings. The number of hydrogen-bond acceptors (Lipinski definition) is 2. The second-order valence-electron chi connectivity index (χ2n) is 20.7. The highest BCUT2D eigenvalue weighted by Crippen LogP contribution is 2.49. The lowest BCUT2D eigenvalue weighted by atomic mass is 9.63. The van der Waals surface area contributed by atoms with Crippen molar-refractivity contribution in [1.82, 2.24) is 0 Å². The molecule has 0 unspecified atom stereocenters. The first-order chi connectivity index (χ1) is 23.2. The van der Waals surface area contributed by atoms with Gasteiger partial charge < -0.3 is 10.2 Å². The van der Waals surface area contributed by atoms with Crippen molar-refractivity contribution < 1.29 is 0 Å². The zero-order chi connectivity index (χ0) is 38.1. The van der Waals surface area contributed by atoms with Gasteiger partial charge in [0.2, 0.25) is 0 Å². The number of nitrogens with one attached hydrogen (secondary N) is 1. The van der Waals surface area contributed by atoms with Crippen molar-refractivity contribution in [2.75, 3.05) is 10.2 Å². The molecule has 0 fully saturated rings. The predicted octanol–water partition coefficient (Wildman–Crippen LogP) is 15.1. The summed E-state index contributed by atoms with van der Waals surface area (Å²) in [7, 11) is 0. The molecule has 51 heavy (non-hydrogen) atoms. The third-order valence-corrected chi connectivity index (χ3v) is 11.6. The first-order valence-corrected chi connectivity index (χ1v) is 19.4. The Kier molecular flexibility index (Phi) is 9.95. The number of rotatable bonds is 5. The van der Waals surface area contributed by atoms with Crippen LogP contribution in [0.2, 0.25) is 5.02 Å². The lowest BCUT2D eigenvalue weighted by molar-refractivity contribution is 0.332. The van der Waals surface area contributed by atoms with Gasteiger partial charge in [0, 0.05) is 17.1 Å². The summed E-state index contributed by atoms with van der Waals surface area (Å²) in [6, 6.07) is 27.7. The van der Waals surface area contributed by atoms with Gasteiger partial charge in [-0.05, 0) is 127 Å². The lowest BCUT2D eigenvalue weighted by Crippen LogP contribution is -2.33. The molecule has 5 rings (SSSR count). The van der Waals surface area contributed by atoms with Crippen LogP contribution in [0, 0.1) is 0 Å². The van der Waals surface area contributed by atoms with E-state index >= 15 is 0 Å². The second kappa shape index (κ2) is 13.0. The fourth-order valence-electron chi connectivity index (χ4n) is 7.26. The molecule has 0 amide bonds. The van der Waals surface area contributed by atoms with Crippen LogP contribution in [0.3, 0.4) is 0 Å². The molecule has 0 aliphatic heterocycles. The maximum absolute atomic E-state index is 7.70. The van der Waals surface area contributed by atoms with Crippen molar-refractivity contribution in [1.29, 1.82) is 0 Å². The van der Waals surface area contributed by atoms with Crippen molar-refractivity contribution in [3.8, 4) is 0 Å². The van der Waals surface area contributed by atoms with Crippen LogP contribution in [0.25, 0.3) is 0 Å². The van der Waals surface area contributed by atoms with E-state index in [2.05, 4.69) is 194 Å². The van der Waals surface area contributed by atoms with Gasteiger partial charge in [-0.15, -0.1) is 0 Å². The van der Waals surface area contributed by atoms with Crippen molar-refractivity contribution in [3.05, 3.63) is 111 Å². The van der Waals surface area contributed by atoms with Crippen molar-refractivity contribution in [2.45, 2.75) is 156 Å². The number of anilines is 5. The molecule has 0 radical (unpaired) electrons. The molecule has 3 heteroatoms. The topological polar surface area (TPSA) is 15.3 Å². The number of nitrogens with zero attached hydrogens (tertiary/aromatic N) is 1. The van der Waals surface area contributed by atoms with Gasteiger partial charge in [0.05, 0.1) is 16.4 Å². The monoisotopic (exact) mass is 704 g/mol. The SMILES string of the molecule is CC(C)(C)c1cccc(N(c2cc(C(C)(C)C)cc(C(C)(C)C)c2)c2cc(C(C)(C)C)cc(Nc3ccc4c(c3)C(C)(C)CCC4(C)C)c2Cl)c1. The van der Waals surface area contributed by atoms with Crippen LogP contribution >= 0.6 is 11.6 Å². The zero-order valence-electron chi connectivity index (χ0n) is 34.7.